The summed E-state index contributed by atoms with van der Waals surface area (Å²) in [5.74, 6) is 2.49. The van der Waals surface area contributed by atoms with Crippen molar-refractivity contribution < 1.29 is 9.59 Å². The van der Waals surface area contributed by atoms with E-state index < -0.39 is 0 Å². The number of aromatic amines is 1. The zero-order valence-corrected chi connectivity index (χ0v) is 17.3. The molecule has 30 heavy (non-hydrogen) atoms. The molecule has 0 radical (unpaired) electrons. The van der Waals surface area contributed by atoms with Crippen molar-refractivity contribution in [3.63, 3.8) is 0 Å². The molecule has 1 fully saturated rings. The van der Waals surface area contributed by atoms with Gasteiger partial charge in [-0.1, -0.05) is 12.0 Å². The minimum Gasteiger partial charge on any atom is -0.359 e. The molecule has 6 heteroatoms. The van der Waals surface area contributed by atoms with Crippen LogP contribution >= 0.6 is 0 Å². The highest BCUT2D eigenvalue weighted by atomic mass is 16.2. The molecule has 0 bridgehead atoms. The van der Waals surface area contributed by atoms with Crippen molar-refractivity contribution in [1.29, 1.82) is 0 Å². The number of terminal acetylenes is 1. The van der Waals surface area contributed by atoms with Crippen molar-refractivity contribution in [2.45, 2.75) is 32.7 Å². The number of nitrogens with two attached hydrogens (primary N) is 1. The summed E-state index contributed by atoms with van der Waals surface area (Å²) in [6.45, 7) is 4.78. The van der Waals surface area contributed by atoms with Crippen LogP contribution in [0.1, 0.15) is 45.7 Å². The highest BCUT2D eigenvalue weighted by Crippen LogP contribution is 2.40. The number of carbonyl (C=O) groups is 2. The Morgan fingerprint density at radius 2 is 2.13 bits per heavy atom. The van der Waals surface area contributed by atoms with Gasteiger partial charge in [0.2, 0.25) is 0 Å². The molecule has 0 spiro atoms. The molecule has 4 rings (SSSR count). The van der Waals surface area contributed by atoms with Crippen LogP contribution in [-0.4, -0.2) is 35.9 Å². The largest absolute Gasteiger partial charge is 0.359 e. The van der Waals surface area contributed by atoms with Crippen LogP contribution in [0.4, 0.5) is 5.69 Å². The molecular weight excluding hydrogens is 376 g/mol. The van der Waals surface area contributed by atoms with Crippen LogP contribution in [0.5, 0.6) is 0 Å². The van der Waals surface area contributed by atoms with Crippen molar-refractivity contribution in [3.8, 4) is 12.3 Å². The summed E-state index contributed by atoms with van der Waals surface area (Å²) >= 11 is 0. The lowest BCUT2D eigenvalue weighted by Crippen LogP contribution is -2.43. The average Bonchev–Trinajstić information content (AvgIpc) is 3.15. The first-order valence-corrected chi connectivity index (χ1v) is 10.2. The topological polar surface area (TPSA) is 91.2 Å². The first kappa shape index (κ1) is 20.0. The summed E-state index contributed by atoms with van der Waals surface area (Å²) in [5, 5.41) is 2.68. The van der Waals surface area contributed by atoms with E-state index >= 15 is 0 Å². The van der Waals surface area contributed by atoms with Gasteiger partial charge in [0.15, 0.2) is 0 Å². The van der Waals surface area contributed by atoms with Crippen molar-refractivity contribution in [3.05, 3.63) is 52.3 Å². The van der Waals surface area contributed by atoms with E-state index in [9.17, 15) is 9.59 Å². The van der Waals surface area contributed by atoms with E-state index in [0.29, 0.717) is 23.6 Å². The number of hydrogen-bond acceptors (Lipinski definition) is 3. The van der Waals surface area contributed by atoms with E-state index in [1.165, 1.54) is 0 Å². The number of rotatable bonds is 5. The number of amides is 2. The Morgan fingerprint density at radius 3 is 2.77 bits per heavy atom. The van der Waals surface area contributed by atoms with Crippen LogP contribution in [0.3, 0.4) is 0 Å². The smallest absolute Gasteiger partial charge is 0.259 e. The number of benzene rings is 1. The van der Waals surface area contributed by atoms with E-state index in [4.69, 9.17) is 12.2 Å². The molecule has 1 aliphatic heterocycles. The van der Waals surface area contributed by atoms with Crippen LogP contribution in [0, 0.1) is 32.1 Å². The third-order valence-electron chi connectivity index (χ3n) is 5.86. The zero-order valence-electron chi connectivity index (χ0n) is 17.3. The average molecular weight is 402 g/mol. The number of aromatic nitrogens is 1. The summed E-state index contributed by atoms with van der Waals surface area (Å²) in [7, 11) is 0. The number of carbonyl (C=O) groups excluding carboxylic acids is 2. The number of nitrogens with one attached hydrogen (secondary N) is 2. The molecule has 2 amide bonds. The second-order valence-corrected chi connectivity index (χ2v) is 8.24. The fourth-order valence-corrected chi connectivity index (χ4v) is 4.29. The van der Waals surface area contributed by atoms with Gasteiger partial charge in [-0.05, 0) is 62.4 Å². The van der Waals surface area contributed by atoms with Crippen LogP contribution in [-0.2, 0) is 4.79 Å². The van der Waals surface area contributed by atoms with Crippen molar-refractivity contribution >= 4 is 29.2 Å². The summed E-state index contributed by atoms with van der Waals surface area (Å²) in [6, 6.07) is 7.64. The molecular formula is C24H26N4O2. The van der Waals surface area contributed by atoms with E-state index in [-0.39, 0.29) is 24.4 Å². The number of H-pyrrole nitrogens is 1. The van der Waals surface area contributed by atoms with E-state index in [2.05, 4.69) is 22.3 Å². The molecule has 1 saturated carbocycles. The van der Waals surface area contributed by atoms with Crippen LogP contribution in [0.2, 0.25) is 0 Å². The number of fused-ring (bicyclic) bond motifs is 1. The number of aryl methyl sites for hydroxylation is 2. The minimum atomic E-state index is -0.248. The lowest BCUT2D eigenvalue weighted by molar-refractivity contribution is -0.113. The van der Waals surface area contributed by atoms with Crippen molar-refractivity contribution in [2.24, 2.45) is 11.7 Å². The summed E-state index contributed by atoms with van der Waals surface area (Å²) in [5.41, 5.74) is 11.7. The highest BCUT2D eigenvalue weighted by molar-refractivity contribution is 6.36. The molecule has 0 saturated heterocycles. The van der Waals surface area contributed by atoms with Gasteiger partial charge in [-0.15, -0.1) is 6.42 Å². The van der Waals surface area contributed by atoms with Gasteiger partial charge in [0, 0.05) is 35.1 Å². The van der Waals surface area contributed by atoms with Gasteiger partial charge in [0.25, 0.3) is 11.8 Å². The quantitative estimate of drug-likeness (QED) is 0.530. The Balaban J connectivity index is 1.73. The van der Waals surface area contributed by atoms with Crippen LogP contribution in [0.15, 0.2) is 24.3 Å². The van der Waals surface area contributed by atoms with Gasteiger partial charge in [-0.25, -0.2) is 0 Å². The van der Waals surface area contributed by atoms with Gasteiger partial charge in [0.1, 0.15) is 0 Å². The Bertz CT molecular complexity index is 1080. The number of hydrogen-bond donors (Lipinski definition) is 3. The summed E-state index contributed by atoms with van der Waals surface area (Å²) < 4.78 is 0. The molecule has 2 heterocycles. The van der Waals surface area contributed by atoms with Gasteiger partial charge in [-0.3, -0.25) is 9.59 Å². The molecule has 0 unspecified atom stereocenters. The van der Waals surface area contributed by atoms with Gasteiger partial charge >= 0.3 is 0 Å². The molecule has 6 nitrogen and oxygen atoms in total. The highest BCUT2D eigenvalue weighted by Gasteiger charge is 2.37. The maximum atomic E-state index is 13.4. The first-order chi connectivity index (χ1) is 14.4. The first-order valence-electron chi connectivity index (χ1n) is 10.2. The predicted molar refractivity (Wildman–Crippen MR) is 119 cm³/mol. The fraction of sp³-hybridized carbons (Fsp3) is 0.333. The Labute approximate surface area is 176 Å². The Morgan fingerprint density at radius 1 is 1.37 bits per heavy atom. The SMILES string of the molecule is C#CCNC(=O)c1ccc2c(c1)N(CC1CC(N)C1)C(=O)/C2=C\c1[nH]c(C)cc1C. The minimum absolute atomic E-state index is 0.0432. The monoisotopic (exact) mass is 402 g/mol. The molecule has 2 aromatic rings. The molecule has 1 aromatic carbocycles. The van der Waals surface area contributed by atoms with Crippen molar-refractivity contribution in [2.75, 3.05) is 18.0 Å². The molecule has 2 aliphatic rings. The van der Waals surface area contributed by atoms with Crippen LogP contribution in [0.25, 0.3) is 11.6 Å². The Hall–Kier alpha value is -3.30. The zero-order chi connectivity index (χ0) is 21.4. The molecule has 1 aliphatic carbocycles. The molecule has 0 atom stereocenters. The van der Waals surface area contributed by atoms with Gasteiger partial charge in [0.05, 0.1) is 17.8 Å². The Kier molecular flexibility index (Phi) is 5.23. The third-order valence-corrected chi connectivity index (χ3v) is 5.86. The van der Waals surface area contributed by atoms with Gasteiger partial charge in [-0.2, -0.15) is 0 Å². The fourth-order valence-electron chi connectivity index (χ4n) is 4.29. The third kappa shape index (κ3) is 3.64. The maximum absolute atomic E-state index is 13.4. The van der Waals surface area contributed by atoms with Gasteiger partial charge < -0.3 is 20.9 Å². The lowest BCUT2D eigenvalue weighted by Gasteiger charge is -2.35. The molecule has 154 valence electrons. The normalized spacial score (nSPS) is 21.3. The maximum Gasteiger partial charge on any atom is 0.259 e. The van der Waals surface area contributed by atoms with Crippen LogP contribution < -0.4 is 16.0 Å². The van der Waals surface area contributed by atoms with E-state index in [0.717, 1.165) is 41.0 Å². The number of nitrogens with zero attached hydrogens (tertiary/aromatic N) is 1. The summed E-state index contributed by atoms with van der Waals surface area (Å²) in [6.07, 6.45) is 8.98. The number of anilines is 1. The lowest BCUT2D eigenvalue weighted by atomic mass is 9.80. The predicted octanol–water partition coefficient (Wildman–Crippen LogP) is 2.62. The molecule has 4 N–H and O–H groups in total. The van der Waals surface area contributed by atoms with E-state index in [1.807, 2.05) is 26.0 Å². The molecule has 1 aromatic heterocycles. The van der Waals surface area contributed by atoms with Crippen molar-refractivity contribution in [1.82, 2.24) is 10.3 Å². The second kappa shape index (κ2) is 7.85. The standard InChI is InChI=1S/C24H26N4O2/c1-4-7-26-23(29)17-5-6-19-20(12-21-14(2)8-15(3)27-21)24(30)28(22(19)11-17)13-16-9-18(25)10-16/h1,5-6,8,11-12,16,18,27H,7,9-10,13,25H2,2-3H3,(H,26,29)/b20-12-. The second-order valence-electron chi connectivity index (χ2n) is 8.24. The van der Waals surface area contributed by atoms with E-state index in [1.54, 1.807) is 17.0 Å². The summed E-state index contributed by atoms with van der Waals surface area (Å²) in [4.78, 5) is 30.9.